The number of hydrogen-bond acceptors (Lipinski definition) is 4. The number of aliphatic hydroxyl groups is 1. The highest BCUT2D eigenvalue weighted by Gasteiger charge is 2.52. The standard InChI is InChI=1S/C16H24BNO3/c1-11-7-8-13(12(2)18-11)9-14(10-19)17-20-15(3,4)16(5,6)21-17/h7-9,19H,10H2,1-6H3. The summed E-state index contributed by atoms with van der Waals surface area (Å²) < 4.78 is 12.0. The molecule has 21 heavy (non-hydrogen) atoms. The van der Waals surface area contributed by atoms with Crippen molar-refractivity contribution in [3.63, 3.8) is 0 Å². The van der Waals surface area contributed by atoms with Crippen molar-refractivity contribution >= 4 is 13.2 Å². The molecule has 0 amide bonds. The summed E-state index contributed by atoms with van der Waals surface area (Å²) in [5.41, 5.74) is 2.77. The fourth-order valence-electron chi connectivity index (χ4n) is 2.23. The topological polar surface area (TPSA) is 51.6 Å². The molecule has 0 aromatic carbocycles. The molecule has 0 bridgehead atoms. The van der Waals surface area contributed by atoms with Crippen molar-refractivity contribution in [2.24, 2.45) is 0 Å². The van der Waals surface area contributed by atoms with E-state index in [0.717, 1.165) is 17.0 Å². The molecule has 5 heteroatoms. The summed E-state index contributed by atoms with van der Waals surface area (Å²) in [6, 6.07) is 3.95. The van der Waals surface area contributed by atoms with Gasteiger partial charge < -0.3 is 14.4 Å². The van der Waals surface area contributed by atoms with Crippen molar-refractivity contribution in [3.05, 3.63) is 34.6 Å². The lowest BCUT2D eigenvalue weighted by Crippen LogP contribution is -2.41. The second kappa shape index (κ2) is 5.56. The van der Waals surface area contributed by atoms with Crippen LogP contribution in [0.5, 0.6) is 0 Å². The maximum Gasteiger partial charge on any atom is 0.492 e. The summed E-state index contributed by atoms with van der Waals surface area (Å²) in [5.74, 6) is 0. The van der Waals surface area contributed by atoms with E-state index < -0.39 is 18.3 Å². The minimum Gasteiger partial charge on any atom is -0.400 e. The van der Waals surface area contributed by atoms with Crippen LogP contribution < -0.4 is 0 Å². The van der Waals surface area contributed by atoms with E-state index in [1.807, 2.05) is 59.8 Å². The van der Waals surface area contributed by atoms with Gasteiger partial charge in [-0.3, -0.25) is 4.98 Å². The van der Waals surface area contributed by atoms with Gasteiger partial charge in [0.25, 0.3) is 0 Å². The van der Waals surface area contributed by atoms with Crippen LogP contribution >= 0.6 is 0 Å². The van der Waals surface area contributed by atoms with E-state index in [9.17, 15) is 5.11 Å². The molecule has 114 valence electrons. The second-order valence-corrected chi connectivity index (χ2v) is 6.59. The van der Waals surface area contributed by atoms with Crippen LogP contribution in [0, 0.1) is 13.8 Å². The Balaban J connectivity index is 2.31. The monoisotopic (exact) mass is 289 g/mol. The highest BCUT2D eigenvalue weighted by atomic mass is 16.7. The highest BCUT2D eigenvalue weighted by molar-refractivity contribution is 6.55. The Hall–Kier alpha value is -1.17. The van der Waals surface area contributed by atoms with Crippen molar-refractivity contribution in [2.45, 2.75) is 52.7 Å². The van der Waals surface area contributed by atoms with Crippen LogP contribution in [0.15, 0.2) is 17.6 Å². The molecule has 1 N–H and O–H groups in total. The third kappa shape index (κ3) is 3.20. The van der Waals surface area contributed by atoms with Crippen LogP contribution in [0.2, 0.25) is 0 Å². The van der Waals surface area contributed by atoms with Crippen molar-refractivity contribution in [3.8, 4) is 0 Å². The third-order valence-electron chi connectivity index (χ3n) is 4.35. The van der Waals surface area contributed by atoms with Gasteiger partial charge in [0.2, 0.25) is 0 Å². The molecular weight excluding hydrogens is 265 g/mol. The first-order chi connectivity index (χ1) is 9.66. The lowest BCUT2D eigenvalue weighted by atomic mass is 9.77. The number of aliphatic hydroxyl groups excluding tert-OH is 1. The summed E-state index contributed by atoms with van der Waals surface area (Å²) >= 11 is 0. The Bertz CT molecular complexity index is 551. The van der Waals surface area contributed by atoms with E-state index in [2.05, 4.69) is 4.98 Å². The number of aryl methyl sites for hydroxylation is 2. The average molecular weight is 289 g/mol. The molecule has 0 saturated carbocycles. The Morgan fingerprint density at radius 2 is 1.76 bits per heavy atom. The molecule has 4 nitrogen and oxygen atoms in total. The van der Waals surface area contributed by atoms with Gasteiger partial charge in [0.1, 0.15) is 0 Å². The summed E-state index contributed by atoms with van der Waals surface area (Å²) in [7, 11) is -0.527. The molecule has 1 aromatic rings. The Morgan fingerprint density at radius 3 is 2.24 bits per heavy atom. The smallest absolute Gasteiger partial charge is 0.400 e. The van der Waals surface area contributed by atoms with Crippen LogP contribution in [-0.2, 0) is 9.31 Å². The number of aromatic nitrogens is 1. The van der Waals surface area contributed by atoms with Crippen LogP contribution in [0.3, 0.4) is 0 Å². The van der Waals surface area contributed by atoms with Crippen molar-refractivity contribution < 1.29 is 14.4 Å². The largest absolute Gasteiger partial charge is 0.492 e. The second-order valence-electron chi connectivity index (χ2n) is 6.59. The Kier molecular flexibility index (Phi) is 4.29. The number of nitrogens with zero attached hydrogens (tertiary/aromatic N) is 1. The number of rotatable bonds is 3. The summed E-state index contributed by atoms with van der Waals surface area (Å²) in [6.45, 7) is 11.8. The quantitative estimate of drug-likeness (QED) is 0.869. The minimum atomic E-state index is -0.527. The van der Waals surface area contributed by atoms with Crippen LogP contribution in [0.1, 0.15) is 44.6 Å². The van der Waals surface area contributed by atoms with E-state index in [1.54, 1.807) is 0 Å². The predicted octanol–water partition coefficient (Wildman–Crippen LogP) is 2.71. The summed E-state index contributed by atoms with van der Waals surface area (Å²) in [4.78, 5) is 4.44. The van der Waals surface area contributed by atoms with E-state index in [0.29, 0.717) is 5.47 Å². The fraction of sp³-hybridized carbons (Fsp3) is 0.562. The molecule has 1 aliphatic rings. The lowest BCUT2D eigenvalue weighted by molar-refractivity contribution is 0.00578. The first-order valence-electron chi connectivity index (χ1n) is 7.27. The van der Waals surface area contributed by atoms with Gasteiger partial charge in [0.05, 0.1) is 17.8 Å². The average Bonchev–Trinajstić information content (AvgIpc) is 2.57. The molecule has 2 rings (SSSR count). The van der Waals surface area contributed by atoms with E-state index in [-0.39, 0.29) is 6.61 Å². The molecule has 0 unspecified atom stereocenters. The van der Waals surface area contributed by atoms with Gasteiger partial charge in [-0.25, -0.2) is 0 Å². The maximum atomic E-state index is 9.68. The first kappa shape index (κ1) is 16.2. The van der Waals surface area contributed by atoms with Gasteiger partial charge in [-0.1, -0.05) is 12.1 Å². The zero-order valence-electron chi connectivity index (χ0n) is 13.7. The van der Waals surface area contributed by atoms with E-state index in [1.165, 1.54) is 0 Å². The van der Waals surface area contributed by atoms with Crippen LogP contribution in [0.25, 0.3) is 6.08 Å². The maximum absolute atomic E-state index is 9.68. The molecule has 1 saturated heterocycles. The summed E-state index contributed by atoms with van der Waals surface area (Å²) in [6.07, 6.45) is 1.91. The number of pyridine rings is 1. The van der Waals surface area contributed by atoms with Crippen molar-refractivity contribution in [1.29, 1.82) is 0 Å². The minimum absolute atomic E-state index is 0.107. The zero-order chi connectivity index (χ0) is 15.8. The molecular formula is C16H24BNO3. The SMILES string of the molecule is Cc1ccc(C=C(CO)B2OC(C)(C)C(C)(C)O2)c(C)n1. The van der Waals surface area contributed by atoms with Gasteiger partial charge in [0, 0.05) is 11.4 Å². The van der Waals surface area contributed by atoms with Crippen LogP contribution in [-0.4, -0.2) is 35.0 Å². The van der Waals surface area contributed by atoms with Crippen LogP contribution in [0.4, 0.5) is 0 Å². The fourth-order valence-corrected chi connectivity index (χ4v) is 2.23. The van der Waals surface area contributed by atoms with Gasteiger partial charge in [-0.05, 0) is 58.6 Å². The molecule has 0 aliphatic carbocycles. The highest BCUT2D eigenvalue weighted by Crippen LogP contribution is 2.38. The van der Waals surface area contributed by atoms with Crippen molar-refractivity contribution in [1.82, 2.24) is 4.98 Å². The van der Waals surface area contributed by atoms with Gasteiger partial charge in [-0.2, -0.15) is 0 Å². The zero-order valence-corrected chi connectivity index (χ0v) is 13.7. The molecule has 1 aromatic heterocycles. The number of hydrogen-bond donors (Lipinski definition) is 1. The Morgan fingerprint density at radius 1 is 1.19 bits per heavy atom. The lowest BCUT2D eigenvalue weighted by Gasteiger charge is -2.32. The first-order valence-corrected chi connectivity index (χ1v) is 7.27. The van der Waals surface area contributed by atoms with Gasteiger partial charge >= 0.3 is 7.12 Å². The molecule has 1 aliphatic heterocycles. The molecule has 0 atom stereocenters. The van der Waals surface area contributed by atoms with Gasteiger partial charge in [-0.15, -0.1) is 0 Å². The molecule has 0 spiro atoms. The Labute approximate surface area is 127 Å². The summed E-state index contributed by atoms with van der Waals surface area (Å²) in [5, 5.41) is 9.68. The normalized spacial score (nSPS) is 20.9. The third-order valence-corrected chi connectivity index (χ3v) is 4.35. The molecule has 0 radical (unpaired) electrons. The predicted molar refractivity (Wildman–Crippen MR) is 84.9 cm³/mol. The van der Waals surface area contributed by atoms with Gasteiger partial charge in [0.15, 0.2) is 0 Å². The van der Waals surface area contributed by atoms with Crippen molar-refractivity contribution in [2.75, 3.05) is 6.61 Å². The molecule has 1 fully saturated rings. The van der Waals surface area contributed by atoms with E-state index in [4.69, 9.17) is 9.31 Å². The van der Waals surface area contributed by atoms with E-state index >= 15 is 0 Å². The molecule has 2 heterocycles.